The van der Waals surface area contributed by atoms with Crippen LogP contribution in [0.15, 0.2) is 0 Å². The Balaban J connectivity index is 1.82. The minimum Gasteiger partial charge on any atom is -0.356 e. The standard InChI is InChI=1S/C13H22OSi/c1-15(2,3)10-9-12-13(14-12)11-7-5-4-6-8-11/h11-13H,4-8H2,1-3H3/t12-,13+/m0/s1. The van der Waals surface area contributed by atoms with E-state index < -0.39 is 8.07 Å². The molecule has 0 spiro atoms. The zero-order valence-corrected chi connectivity index (χ0v) is 11.2. The zero-order chi connectivity index (χ0) is 10.9. The molecule has 0 bridgehead atoms. The maximum atomic E-state index is 5.70. The van der Waals surface area contributed by atoms with Crippen LogP contribution < -0.4 is 0 Å². The van der Waals surface area contributed by atoms with E-state index in [4.69, 9.17) is 4.74 Å². The highest BCUT2D eigenvalue weighted by molar-refractivity contribution is 6.83. The van der Waals surface area contributed by atoms with Crippen LogP contribution >= 0.6 is 0 Å². The second-order valence-electron chi connectivity index (χ2n) is 5.94. The molecular formula is C13H22OSi. The van der Waals surface area contributed by atoms with Gasteiger partial charge in [0.15, 0.2) is 0 Å². The molecule has 1 saturated carbocycles. The monoisotopic (exact) mass is 222 g/mol. The van der Waals surface area contributed by atoms with Crippen molar-refractivity contribution in [2.24, 2.45) is 5.92 Å². The second-order valence-corrected chi connectivity index (χ2v) is 10.7. The fraction of sp³-hybridized carbons (Fsp3) is 0.846. The molecule has 1 nitrogen and oxygen atoms in total. The number of rotatable bonds is 1. The van der Waals surface area contributed by atoms with Crippen molar-refractivity contribution in [3.63, 3.8) is 0 Å². The van der Waals surface area contributed by atoms with E-state index in [2.05, 4.69) is 31.1 Å². The number of hydrogen-bond acceptors (Lipinski definition) is 1. The zero-order valence-electron chi connectivity index (χ0n) is 10.2. The fourth-order valence-corrected chi connectivity index (χ4v) is 2.92. The quantitative estimate of drug-likeness (QED) is 0.377. The molecule has 2 atom stereocenters. The highest BCUT2D eigenvalue weighted by Gasteiger charge is 2.43. The number of hydrogen-bond donors (Lipinski definition) is 0. The van der Waals surface area contributed by atoms with Gasteiger partial charge in [-0.25, -0.2) is 0 Å². The van der Waals surface area contributed by atoms with Crippen molar-refractivity contribution >= 4 is 8.07 Å². The first-order chi connectivity index (χ1) is 7.06. The summed E-state index contributed by atoms with van der Waals surface area (Å²) < 4.78 is 5.70. The van der Waals surface area contributed by atoms with Gasteiger partial charge in [0, 0.05) is 0 Å². The summed E-state index contributed by atoms with van der Waals surface area (Å²) in [7, 11) is -1.20. The molecule has 1 heterocycles. The van der Waals surface area contributed by atoms with Gasteiger partial charge in [0.05, 0.1) is 6.10 Å². The molecule has 0 aromatic heterocycles. The normalized spacial score (nSPS) is 31.9. The lowest BCUT2D eigenvalue weighted by Gasteiger charge is -2.18. The lowest BCUT2D eigenvalue weighted by Crippen LogP contribution is -2.17. The van der Waals surface area contributed by atoms with E-state index in [1.807, 2.05) is 0 Å². The Morgan fingerprint density at radius 2 is 1.73 bits per heavy atom. The summed E-state index contributed by atoms with van der Waals surface area (Å²) in [5, 5.41) is 0. The molecule has 0 radical (unpaired) electrons. The van der Waals surface area contributed by atoms with E-state index in [1.165, 1.54) is 32.1 Å². The highest BCUT2D eigenvalue weighted by Crippen LogP contribution is 2.38. The molecule has 1 saturated heterocycles. The molecule has 2 rings (SSSR count). The molecule has 1 aliphatic heterocycles. The Morgan fingerprint density at radius 1 is 1.07 bits per heavy atom. The Bertz CT molecular complexity index is 275. The first-order valence-corrected chi connectivity index (χ1v) is 9.74. The second kappa shape index (κ2) is 4.31. The Labute approximate surface area is 94.6 Å². The van der Waals surface area contributed by atoms with Crippen LogP contribution in [-0.4, -0.2) is 20.3 Å². The van der Waals surface area contributed by atoms with E-state index in [0.717, 1.165) is 5.92 Å². The van der Waals surface area contributed by atoms with Crippen LogP contribution in [0.5, 0.6) is 0 Å². The van der Waals surface area contributed by atoms with Crippen LogP contribution in [0.25, 0.3) is 0 Å². The molecule has 0 unspecified atom stereocenters. The van der Waals surface area contributed by atoms with E-state index in [0.29, 0.717) is 12.2 Å². The van der Waals surface area contributed by atoms with Gasteiger partial charge in [-0.1, -0.05) is 44.8 Å². The van der Waals surface area contributed by atoms with E-state index >= 15 is 0 Å². The first-order valence-electron chi connectivity index (χ1n) is 6.24. The van der Waals surface area contributed by atoms with Gasteiger partial charge in [-0.3, -0.25) is 0 Å². The maximum Gasteiger partial charge on any atom is 0.144 e. The maximum absolute atomic E-state index is 5.70. The Kier molecular flexibility index (Phi) is 3.23. The molecule has 2 fully saturated rings. The third-order valence-corrected chi connectivity index (χ3v) is 4.12. The van der Waals surface area contributed by atoms with Crippen molar-refractivity contribution in [2.75, 3.05) is 0 Å². The smallest absolute Gasteiger partial charge is 0.144 e. The van der Waals surface area contributed by atoms with E-state index in [1.54, 1.807) is 0 Å². The molecule has 0 N–H and O–H groups in total. The van der Waals surface area contributed by atoms with Crippen LogP contribution in [0, 0.1) is 17.4 Å². The minimum absolute atomic E-state index is 0.292. The summed E-state index contributed by atoms with van der Waals surface area (Å²) in [5.74, 6) is 4.15. The molecule has 0 amide bonds. The lowest BCUT2D eigenvalue weighted by atomic mass is 9.86. The van der Waals surface area contributed by atoms with E-state index in [-0.39, 0.29) is 0 Å². The molecule has 15 heavy (non-hydrogen) atoms. The van der Waals surface area contributed by atoms with Gasteiger partial charge in [0.25, 0.3) is 0 Å². The van der Waals surface area contributed by atoms with Crippen molar-refractivity contribution in [2.45, 2.75) is 64.0 Å². The third kappa shape index (κ3) is 3.36. The predicted molar refractivity (Wildman–Crippen MR) is 66.4 cm³/mol. The van der Waals surface area contributed by atoms with Gasteiger partial charge in [0.2, 0.25) is 0 Å². The summed E-state index contributed by atoms with van der Waals surface area (Å²) in [4.78, 5) is 0. The van der Waals surface area contributed by atoms with Crippen LogP contribution in [0.4, 0.5) is 0 Å². The van der Waals surface area contributed by atoms with Gasteiger partial charge in [-0.2, -0.15) is 0 Å². The van der Waals surface area contributed by atoms with Crippen molar-refractivity contribution in [3.05, 3.63) is 0 Å². The highest BCUT2D eigenvalue weighted by atomic mass is 28.3. The molecule has 1 aliphatic carbocycles. The molecule has 0 aromatic carbocycles. The van der Waals surface area contributed by atoms with Gasteiger partial charge < -0.3 is 4.74 Å². The topological polar surface area (TPSA) is 12.5 Å². The van der Waals surface area contributed by atoms with Crippen molar-refractivity contribution in [3.8, 4) is 11.5 Å². The summed E-state index contributed by atoms with van der Waals surface area (Å²) in [5.41, 5.74) is 3.42. The average Bonchev–Trinajstić information content (AvgIpc) is 2.94. The van der Waals surface area contributed by atoms with Crippen LogP contribution in [-0.2, 0) is 4.74 Å². The number of ether oxygens (including phenoxy) is 1. The SMILES string of the molecule is C[Si](C)(C)C#C[C@@H]1O[C@@H]1C1CCCCC1. The summed E-state index contributed by atoms with van der Waals surface area (Å²) in [6.07, 6.45) is 7.76. The summed E-state index contributed by atoms with van der Waals surface area (Å²) in [6.45, 7) is 6.87. The first kappa shape index (κ1) is 11.2. The molecule has 2 heteroatoms. The Morgan fingerprint density at radius 3 is 2.33 bits per heavy atom. The molecule has 84 valence electrons. The van der Waals surface area contributed by atoms with Gasteiger partial charge in [-0.05, 0) is 18.8 Å². The summed E-state index contributed by atoms with van der Waals surface area (Å²) >= 11 is 0. The third-order valence-electron chi connectivity index (χ3n) is 3.23. The molecular weight excluding hydrogens is 200 g/mol. The minimum atomic E-state index is -1.20. The molecule has 0 aromatic rings. The van der Waals surface area contributed by atoms with Crippen LogP contribution in [0.2, 0.25) is 19.6 Å². The van der Waals surface area contributed by atoms with E-state index in [9.17, 15) is 0 Å². The number of epoxide rings is 1. The fourth-order valence-electron chi connectivity index (χ4n) is 2.35. The predicted octanol–water partition coefficient (Wildman–Crippen LogP) is 3.21. The van der Waals surface area contributed by atoms with Crippen molar-refractivity contribution < 1.29 is 4.74 Å². The lowest BCUT2D eigenvalue weighted by molar-refractivity contribution is 0.265. The van der Waals surface area contributed by atoms with Crippen molar-refractivity contribution in [1.82, 2.24) is 0 Å². The Hall–Kier alpha value is -0.263. The average molecular weight is 222 g/mol. The van der Waals surface area contributed by atoms with Crippen LogP contribution in [0.1, 0.15) is 32.1 Å². The van der Waals surface area contributed by atoms with Gasteiger partial charge in [0.1, 0.15) is 14.2 Å². The largest absolute Gasteiger partial charge is 0.356 e. The van der Waals surface area contributed by atoms with Crippen molar-refractivity contribution in [1.29, 1.82) is 0 Å². The van der Waals surface area contributed by atoms with Gasteiger partial charge in [-0.15, -0.1) is 5.54 Å². The van der Waals surface area contributed by atoms with Gasteiger partial charge >= 0.3 is 0 Å². The summed E-state index contributed by atoms with van der Waals surface area (Å²) in [6, 6.07) is 0. The van der Waals surface area contributed by atoms with Crippen LogP contribution in [0.3, 0.4) is 0 Å². The molecule has 2 aliphatic rings.